The molecule has 0 fully saturated rings. The highest BCUT2D eigenvalue weighted by Crippen LogP contribution is 2.21. The monoisotopic (exact) mass is 352 g/mol. The van der Waals surface area contributed by atoms with Crippen LogP contribution in [0, 0.1) is 0 Å². The molecule has 0 unspecified atom stereocenters. The smallest absolute Gasteiger partial charge is 0.250 e. The average molecular weight is 352 g/mol. The molecule has 7 heteroatoms. The van der Waals surface area contributed by atoms with Crippen LogP contribution >= 0.6 is 11.3 Å². The average Bonchev–Trinajstić information content (AvgIpc) is 3.02. The molecule has 0 aliphatic carbocycles. The first-order chi connectivity index (χ1) is 10.9. The topological polar surface area (TPSA) is 66.5 Å². The fraction of sp³-hybridized carbons (Fsp3) is 0.312. The first-order valence-corrected chi connectivity index (χ1v) is 9.65. The lowest BCUT2D eigenvalue weighted by Gasteiger charge is -2.21. The van der Waals surface area contributed by atoms with Gasteiger partial charge in [-0.05, 0) is 30.7 Å². The number of para-hydroxylation sites is 1. The number of rotatable bonds is 7. The molecule has 0 spiro atoms. The maximum absolute atomic E-state index is 12.2. The highest BCUT2D eigenvalue weighted by atomic mass is 32.2. The van der Waals surface area contributed by atoms with E-state index >= 15 is 0 Å². The van der Waals surface area contributed by atoms with Crippen molar-refractivity contribution in [2.24, 2.45) is 0 Å². The van der Waals surface area contributed by atoms with Gasteiger partial charge in [0, 0.05) is 30.6 Å². The zero-order valence-electron chi connectivity index (χ0n) is 13.2. The summed E-state index contributed by atoms with van der Waals surface area (Å²) in [6.07, 6.45) is 0.812. The Morgan fingerprint density at radius 3 is 2.43 bits per heavy atom. The Labute approximate surface area is 141 Å². The van der Waals surface area contributed by atoms with E-state index in [1.54, 1.807) is 11.0 Å². The number of carbonyl (C=O) groups excluding carboxylic acids is 1. The number of thiophene rings is 1. The zero-order valence-corrected chi connectivity index (χ0v) is 14.8. The minimum absolute atomic E-state index is 0.125. The molecule has 2 rings (SSSR count). The van der Waals surface area contributed by atoms with Crippen LogP contribution < -0.4 is 9.62 Å². The quantitative estimate of drug-likeness (QED) is 0.833. The van der Waals surface area contributed by atoms with Crippen LogP contribution in [-0.2, 0) is 21.2 Å². The Bertz CT molecular complexity index is 755. The maximum atomic E-state index is 12.2. The molecule has 1 heterocycles. The van der Waals surface area contributed by atoms with E-state index in [0.717, 1.165) is 17.0 Å². The van der Waals surface area contributed by atoms with Gasteiger partial charge in [0.1, 0.15) is 4.21 Å². The van der Waals surface area contributed by atoms with Crippen molar-refractivity contribution in [3.63, 3.8) is 0 Å². The Morgan fingerprint density at radius 1 is 1.17 bits per heavy atom. The molecule has 1 aromatic heterocycles. The van der Waals surface area contributed by atoms with Gasteiger partial charge >= 0.3 is 0 Å². The fourth-order valence-electron chi connectivity index (χ4n) is 2.13. The van der Waals surface area contributed by atoms with Gasteiger partial charge in [0.2, 0.25) is 15.9 Å². The minimum atomic E-state index is -3.52. The van der Waals surface area contributed by atoms with Crippen LogP contribution in [0.1, 0.15) is 18.7 Å². The molecule has 1 amide bonds. The number of benzene rings is 1. The summed E-state index contributed by atoms with van der Waals surface area (Å²) in [5.74, 6) is -0.125. The largest absolute Gasteiger partial charge is 0.311 e. The highest BCUT2D eigenvalue weighted by molar-refractivity contribution is 7.91. The predicted molar refractivity (Wildman–Crippen MR) is 93.4 cm³/mol. The molecule has 0 radical (unpaired) electrons. The van der Waals surface area contributed by atoms with Crippen LogP contribution in [0.2, 0.25) is 0 Å². The number of sulfonamides is 1. The van der Waals surface area contributed by atoms with E-state index in [1.807, 2.05) is 43.3 Å². The SMILES string of the molecule is CCc1ccc(S(=O)(=O)NCCN(C(C)=O)c2ccccc2)s1. The van der Waals surface area contributed by atoms with Crippen LogP contribution in [-0.4, -0.2) is 27.4 Å². The Morgan fingerprint density at radius 2 is 1.87 bits per heavy atom. The lowest BCUT2D eigenvalue weighted by molar-refractivity contribution is -0.116. The van der Waals surface area contributed by atoms with Gasteiger partial charge < -0.3 is 4.90 Å². The summed E-state index contributed by atoms with van der Waals surface area (Å²) in [4.78, 5) is 14.3. The van der Waals surface area contributed by atoms with Crippen molar-refractivity contribution >= 4 is 33.0 Å². The van der Waals surface area contributed by atoms with Crippen molar-refractivity contribution in [3.05, 3.63) is 47.3 Å². The number of anilines is 1. The third-order valence-electron chi connectivity index (χ3n) is 3.33. The lowest BCUT2D eigenvalue weighted by atomic mass is 10.3. The van der Waals surface area contributed by atoms with Gasteiger partial charge in [0.25, 0.3) is 0 Å². The van der Waals surface area contributed by atoms with Gasteiger partial charge in [-0.3, -0.25) is 4.79 Å². The molecule has 124 valence electrons. The number of hydrogen-bond donors (Lipinski definition) is 1. The van der Waals surface area contributed by atoms with Gasteiger partial charge in [-0.15, -0.1) is 11.3 Å². The standard InChI is InChI=1S/C16H20N2O3S2/c1-3-15-9-10-16(22-15)23(20,21)17-11-12-18(13(2)19)14-7-5-4-6-8-14/h4-10,17H,3,11-12H2,1-2H3. The van der Waals surface area contributed by atoms with Gasteiger partial charge in [0.15, 0.2) is 0 Å². The Balaban J connectivity index is 2.00. The minimum Gasteiger partial charge on any atom is -0.311 e. The van der Waals surface area contributed by atoms with E-state index in [0.29, 0.717) is 4.21 Å². The van der Waals surface area contributed by atoms with Crippen LogP contribution in [0.4, 0.5) is 5.69 Å². The maximum Gasteiger partial charge on any atom is 0.250 e. The van der Waals surface area contributed by atoms with Crippen molar-refractivity contribution in [3.8, 4) is 0 Å². The number of carbonyl (C=O) groups is 1. The van der Waals surface area contributed by atoms with E-state index in [4.69, 9.17) is 0 Å². The van der Waals surface area contributed by atoms with Crippen molar-refractivity contribution < 1.29 is 13.2 Å². The second-order valence-corrected chi connectivity index (χ2v) is 8.14. The summed E-state index contributed by atoms with van der Waals surface area (Å²) in [6.45, 7) is 3.90. The molecule has 23 heavy (non-hydrogen) atoms. The van der Waals surface area contributed by atoms with Gasteiger partial charge in [-0.25, -0.2) is 13.1 Å². The summed E-state index contributed by atoms with van der Waals surface area (Å²) in [7, 11) is -3.52. The second kappa shape index (κ2) is 7.72. The van der Waals surface area contributed by atoms with Crippen molar-refractivity contribution in [1.82, 2.24) is 4.72 Å². The van der Waals surface area contributed by atoms with E-state index in [9.17, 15) is 13.2 Å². The molecule has 0 bridgehead atoms. The zero-order chi connectivity index (χ0) is 16.9. The van der Waals surface area contributed by atoms with E-state index in [2.05, 4.69) is 4.72 Å². The van der Waals surface area contributed by atoms with Crippen LogP contribution in [0.15, 0.2) is 46.7 Å². The number of hydrogen-bond acceptors (Lipinski definition) is 4. The number of nitrogens with zero attached hydrogens (tertiary/aromatic N) is 1. The summed E-state index contributed by atoms with van der Waals surface area (Å²) < 4.78 is 27.4. The van der Waals surface area contributed by atoms with Crippen molar-refractivity contribution in [2.75, 3.05) is 18.0 Å². The van der Waals surface area contributed by atoms with Crippen LogP contribution in [0.3, 0.4) is 0 Å². The molecular formula is C16H20N2O3S2. The molecule has 0 saturated heterocycles. The third-order valence-corrected chi connectivity index (χ3v) is 6.51. The van der Waals surface area contributed by atoms with E-state index < -0.39 is 10.0 Å². The van der Waals surface area contributed by atoms with Crippen molar-refractivity contribution in [1.29, 1.82) is 0 Å². The molecular weight excluding hydrogens is 332 g/mol. The fourth-order valence-corrected chi connectivity index (χ4v) is 4.49. The number of nitrogens with one attached hydrogen (secondary N) is 1. The van der Waals surface area contributed by atoms with Gasteiger partial charge in [0.05, 0.1) is 0 Å². The van der Waals surface area contributed by atoms with Crippen LogP contribution in [0.25, 0.3) is 0 Å². The van der Waals surface area contributed by atoms with E-state index in [1.165, 1.54) is 18.3 Å². The first kappa shape index (κ1) is 17.7. The summed E-state index contributed by atoms with van der Waals surface area (Å²) in [6, 6.07) is 12.6. The molecule has 2 aromatic rings. The number of amides is 1. The van der Waals surface area contributed by atoms with Gasteiger partial charge in [-0.2, -0.15) is 0 Å². The van der Waals surface area contributed by atoms with E-state index in [-0.39, 0.29) is 19.0 Å². The molecule has 0 aliphatic heterocycles. The summed E-state index contributed by atoms with van der Waals surface area (Å²) >= 11 is 1.27. The van der Waals surface area contributed by atoms with Crippen molar-refractivity contribution in [2.45, 2.75) is 24.5 Å². The molecule has 0 saturated carbocycles. The number of aryl methyl sites for hydroxylation is 1. The lowest BCUT2D eigenvalue weighted by Crippen LogP contribution is -2.37. The molecule has 0 aliphatic rings. The first-order valence-electron chi connectivity index (χ1n) is 7.35. The van der Waals surface area contributed by atoms with Crippen LogP contribution in [0.5, 0.6) is 0 Å². The third kappa shape index (κ3) is 4.63. The normalized spacial score (nSPS) is 11.4. The highest BCUT2D eigenvalue weighted by Gasteiger charge is 2.17. The molecule has 5 nitrogen and oxygen atoms in total. The molecule has 1 aromatic carbocycles. The molecule has 0 atom stereocenters. The second-order valence-electron chi connectivity index (χ2n) is 4.98. The Kier molecular flexibility index (Phi) is 5.92. The Hall–Kier alpha value is -1.70. The summed E-state index contributed by atoms with van der Waals surface area (Å²) in [5, 5.41) is 0. The van der Waals surface area contributed by atoms with Gasteiger partial charge in [-0.1, -0.05) is 25.1 Å². The molecule has 1 N–H and O–H groups in total. The predicted octanol–water partition coefficient (Wildman–Crippen LogP) is 2.64. The summed E-state index contributed by atoms with van der Waals surface area (Å²) in [5.41, 5.74) is 0.753.